The first kappa shape index (κ1) is 17.5. The van der Waals surface area contributed by atoms with Crippen LogP contribution < -0.4 is 19.7 Å². The number of methoxy groups -OCH3 is 2. The number of rotatable bonds is 7. The maximum atomic E-state index is 5.32. The molecule has 7 nitrogen and oxygen atoms in total. The van der Waals surface area contributed by atoms with Gasteiger partial charge < -0.3 is 19.7 Å². The predicted octanol–water partition coefficient (Wildman–Crippen LogP) is 3.27. The van der Waals surface area contributed by atoms with E-state index in [9.17, 15) is 0 Å². The van der Waals surface area contributed by atoms with E-state index in [1.807, 2.05) is 48.3 Å². The average Bonchev–Trinajstić information content (AvgIpc) is 2.69. The molecule has 0 aliphatic rings. The number of nitrogens with zero attached hydrogens (tertiary/aromatic N) is 4. The van der Waals surface area contributed by atoms with Gasteiger partial charge in [-0.25, -0.2) is 0 Å². The highest BCUT2D eigenvalue weighted by molar-refractivity contribution is 5.61. The Hall–Kier alpha value is -3.35. The molecule has 2 aromatic carbocycles. The molecule has 1 heterocycles. The fourth-order valence-corrected chi connectivity index (χ4v) is 2.51. The zero-order valence-corrected chi connectivity index (χ0v) is 15.0. The van der Waals surface area contributed by atoms with Crippen molar-refractivity contribution >= 4 is 17.5 Å². The molecule has 0 saturated heterocycles. The number of ether oxygens (including phenoxy) is 2. The highest BCUT2D eigenvalue weighted by atomic mass is 16.5. The van der Waals surface area contributed by atoms with Crippen LogP contribution in [-0.4, -0.2) is 36.4 Å². The third kappa shape index (κ3) is 4.18. The second kappa shape index (κ2) is 8.15. The zero-order valence-electron chi connectivity index (χ0n) is 15.0. The van der Waals surface area contributed by atoms with Crippen LogP contribution in [0, 0.1) is 0 Å². The van der Waals surface area contributed by atoms with Gasteiger partial charge in [-0.05, 0) is 17.7 Å². The number of hydrogen-bond donors (Lipinski definition) is 1. The van der Waals surface area contributed by atoms with Gasteiger partial charge in [0, 0.05) is 25.3 Å². The third-order valence-electron chi connectivity index (χ3n) is 3.81. The van der Waals surface area contributed by atoms with Crippen molar-refractivity contribution in [1.29, 1.82) is 0 Å². The molecule has 1 N–H and O–H groups in total. The number of aromatic nitrogens is 3. The zero-order chi connectivity index (χ0) is 18.4. The maximum absolute atomic E-state index is 5.32. The summed E-state index contributed by atoms with van der Waals surface area (Å²) in [5.74, 6) is 2.45. The number of hydrogen-bond acceptors (Lipinski definition) is 7. The summed E-state index contributed by atoms with van der Waals surface area (Å²) in [5, 5.41) is 11.4. The lowest BCUT2D eigenvalue weighted by Gasteiger charge is -2.17. The van der Waals surface area contributed by atoms with Crippen LogP contribution in [0.4, 0.5) is 17.5 Å². The lowest BCUT2D eigenvalue weighted by molar-refractivity contribution is 0.355. The highest BCUT2D eigenvalue weighted by Crippen LogP contribution is 2.30. The molecule has 134 valence electrons. The van der Waals surface area contributed by atoms with Crippen molar-refractivity contribution in [2.24, 2.45) is 0 Å². The molecule has 0 spiro atoms. The van der Waals surface area contributed by atoms with E-state index in [1.54, 1.807) is 20.4 Å². The van der Waals surface area contributed by atoms with Crippen LogP contribution in [0.25, 0.3) is 0 Å². The molecule has 0 unspecified atom stereocenters. The number of anilines is 3. The second-order valence-corrected chi connectivity index (χ2v) is 5.68. The molecule has 0 aliphatic heterocycles. The molecular formula is C19H21N5O2. The minimum Gasteiger partial charge on any atom is -0.493 e. The van der Waals surface area contributed by atoms with Crippen LogP contribution in [-0.2, 0) is 6.54 Å². The summed E-state index contributed by atoms with van der Waals surface area (Å²) in [6.45, 7) is 0.697. The molecule has 3 rings (SSSR count). The van der Waals surface area contributed by atoms with Crippen molar-refractivity contribution in [1.82, 2.24) is 15.2 Å². The first-order chi connectivity index (χ1) is 12.7. The van der Waals surface area contributed by atoms with E-state index in [4.69, 9.17) is 9.47 Å². The van der Waals surface area contributed by atoms with Crippen molar-refractivity contribution in [3.8, 4) is 11.5 Å². The fourth-order valence-electron chi connectivity index (χ4n) is 2.51. The Balaban J connectivity index is 1.75. The SMILES string of the molecule is COc1ccc(Nc2cnnc(N(C)Cc3ccccc3)n2)cc1OC. The Kier molecular flexibility index (Phi) is 5.48. The van der Waals surface area contributed by atoms with Gasteiger partial charge in [-0.15, -0.1) is 5.10 Å². The van der Waals surface area contributed by atoms with Crippen LogP contribution in [0.1, 0.15) is 5.56 Å². The molecule has 3 aromatic rings. The summed E-state index contributed by atoms with van der Waals surface area (Å²) >= 11 is 0. The van der Waals surface area contributed by atoms with E-state index in [0.29, 0.717) is 29.8 Å². The van der Waals surface area contributed by atoms with E-state index < -0.39 is 0 Å². The van der Waals surface area contributed by atoms with E-state index in [-0.39, 0.29) is 0 Å². The van der Waals surface area contributed by atoms with Gasteiger partial charge >= 0.3 is 0 Å². The summed E-state index contributed by atoms with van der Waals surface area (Å²) in [5.41, 5.74) is 2.00. The summed E-state index contributed by atoms with van der Waals surface area (Å²) < 4.78 is 10.6. The largest absolute Gasteiger partial charge is 0.493 e. The van der Waals surface area contributed by atoms with E-state index >= 15 is 0 Å². The molecule has 26 heavy (non-hydrogen) atoms. The smallest absolute Gasteiger partial charge is 0.247 e. The van der Waals surface area contributed by atoms with E-state index in [2.05, 4.69) is 32.6 Å². The minimum absolute atomic E-state index is 0.541. The van der Waals surface area contributed by atoms with Crippen molar-refractivity contribution in [2.45, 2.75) is 6.54 Å². The maximum Gasteiger partial charge on any atom is 0.247 e. The monoisotopic (exact) mass is 351 g/mol. The topological polar surface area (TPSA) is 72.4 Å². The lowest BCUT2D eigenvalue weighted by Crippen LogP contribution is -2.19. The van der Waals surface area contributed by atoms with E-state index in [0.717, 1.165) is 5.69 Å². The van der Waals surface area contributed by atoms with Gasteiger partial charge in [0.1, 0.15) is 0 Å². The Morgan fingerprint density at radius 1 is 1.00 bits per heavy atom. The van der Waals surface area contributed by atoms with E-state index in [1.165, 1.54) is 5.56 Å². The molecule has 7 heteroatoms. The standard InChI is InChI=1S/C19H21N5O2/c1-24(13-14-7-5-4-6-8-14)19-22-18(12-20-23-19)21-15-9-10-16(25-2)17(11-15)26-3/h4-12H,13H2,1-3H3,(H,21,22,23). The quantitative estimate of drug-likeness (QED) is 0.700. The minimum atomic E-state index is 0.541. The van der Waals surface area contributed by atoms with Crippen LogP contribution in [0.2, 0.25) is 0 Å². The van der Waals surface area contributed by atoms with Crippen LogP contribution in [0.5, 0.6) is 11.5 Å². The van der Waals surface area contributed by atoms with Gasteiger partial charge in [-0.2, -0.15) is 10.1 Å². The predicted molar refractivity (Wildman–Crippen MR) is 101 cm³/mol. The Labute approximate surface area is 152 Å². The second-order valence-electron chi connectivity index (χ2n) is 5.68. The molecule has 0 aliphatic carbocycles. The summed E-state index contributed by atoms with van der Waals surface area (Å²) in [6.07, 6.45) is 1.58. The van der Waals surface area contributed by atoms with Crippen LogP contribution >= 0.6 is 0 Å². The molecule has 0 bridgehead atoms. The summed E-state index contributed by atoms with van der Waals surface area (Å²) in [6, 6.07) is 15.7. The van der Waals surface area contributed by atoms with Crippen molar-refractivity contribution in [3.05, 3.63) is 60.3 Å². The Morgan fingerprint density at radius 3 is 2.50 bits per heavy atom. The van der Waals surface area contributed by atoms with Crippen LogP contribution in [0.3, 0.4) is 0 Å². The molecule has 0 radical (unpaired) electrons. The lowest BCUT2D eigenvalue weighted by atomic mass is 10.2. The normalized spacial score (nSPS) is 10.3. The molecule has 0 atom stereocenters. The Bertz CT molecular complexity index is 858. The van der Waals surface area contributed by atoms with Crippen molar-refractivity contribution in [2.75, 3.05) is 31.5 Å². The summed E-state index contributed by atoms with van der Waals surface area (Å²) in [4.78, 5) is 6.48. The van der Waals surface area contributed by atoms with Gasteiger partial charge in [0.2, 0.25) is 5.95 Å². The van der Waals surface area contributed by atoms with Crippen LogP contribution in [0.15, 0.2) is 54.7 Å². The molecule has 0 fully saturated rings. The van der Waals surface area contributed by atoms with Gasteiger partial charge in [-0.1, -0.05) is 30.3 Å². The fraction of sp³-hybridized carbons (Fsp3) is 0.211. The van der Waals surface area contributed by atoms with Gasteiger partial charge in [0.15, 0.2) is 17.3 Å². The number of benzene rings is 2. The summed E-state index contributed by atoms with van der Waals surface area (Å²) in [7, 11) is 5.14. The Morgan fingerprint density at radius 2 is 1.77 bits per heavy atom. The molecule has 1 aromatic heterocycles. The van der Waals surface area contributed by atoms with Gasteiger partial charge in [-0.3, -0.25) is 0 Å². The first-order valence-electron chi connectivity index (χ1n) is 8.13. The molecule has 0 amide bonds. The molecular weight excluding hydrogens is 330 g/mol. The highest BCUT2D eigenvalue weighted by Gasteiger charge is 2.09. The molecule has 0 saturated carbocycles. The van der Waals surface area contributed by atoms with Crippen molar-refractivity contribution in [3.63, 3.8) is 0 Å². The average molecular weight is 351 g/mol. The third-order valence-corrected chi connectivity index (χ3v) is 3.81. The van der Waals surface area contributed by atoms with Gasteiger partial charge in [0.05, 0.1) is 20.4 Å². The first-order valence-corrected chi connectivity index (χ1v) is 8.13. The van der Waals surface area contributed by atoms with Gasteiger partial charge in [0.25, 0.3) is 0 Å². The van der Waals surface area contributed by atoms with Crippen molar-refractivity contribution < 1.29 is 9.47 Å². The number of nitrogens with one attached hydrogen (secondary N) is 1.